The number of sulfone groups is 1. The summed E-state index contributed by atoms with van der Waals surface area (Å²) in [4.78, 5) is 19.8. The van der Waals surface area contributed by atoms with Crippen molar-refractivity contribution in [3.63, 3.8) is 0 Å². The van der Waals surface area contributed by atoms with Gasteiger partial charge < -0.3 is 4.90 Å². The fourth-order valence-electron chi connectivity index (χ4n) is 3.12. The van der Waals surface area contributed by atoms with E-state index in [0.29, 0.717) is 13.0 Å². The van der Waals surface area contributed by atoms with Crippen molar-refractivity contribution in [3.8, 4) is 0 Å². The Labute approximate surface area is 160 Å². The molecule has 27 heavy (non-hydrogen) atoms. The molecule has 0 aromatic heterocycles. The normalized spacial score (nSPS) is 14.6. The van der Waals surface area contributed by atoms with Crippen molar-refractivity contribution in [1.29, 1.82) is 0 Å². The molecule has 0 atom stereocenters. The minimum atomic E-state index is -3.36. The highest BCUT2D eigenvalue weighted by Gasteiger charge is 2.14. The lowest BCUT2D eigenvalue weighted by Crippen LogP contribution is -2.27. The minimum absolute atomic E-state index is 0.106. The Morgan fingerprint density at radius 1 is 1.19 bits per heavy atom. The molecule has 0 saturated heterocycles. The van der Waals surface area contributed by atoms with Gasteiger partial charge in [0.05, 0.1) is 11.5 Å². The van der Waals surface area contributed by atoms with Crippen LogP contribution < -0.4 is 5.48 Å². The van der Waals surface area contributed by atoms with Gasteiger partial charge in [-0.05, 0) is 54.8 Å². The number of rotatable bonds is 6. The molecule has 3 rings (SSSR count). The fourth-order valence-corrected chi connectivity index (χ4v) is 3.79. The highest BCUT2D eigenvalue weighted by molar-refractivity contribution is 7.90. The molecule has 0 fully saturated rings. The third-order valence-electron chi connectivity index (χ3n) is 4.66. The third kappa shape index (κ3) is 5.15. The van der Waals surface area contributed by atoms with Crippen LogP contribution in [0, 0.1) is 0 Å². The predicted octanol–water partition coefficient (Wildman–Crippen LogP) is 1.98. The molecule has 1 amide bonds. The first-order chi connectivity index (χ1) is 12.8. The van der Waals surface area contributed by atoms with Gasteiger partial charge in [0.1, 0.15) is 0 Å². The summed E-state index contributed by atoms with van der Waals surface area (Å²) in [7, 11) is -1.24. The number of hydrogen-bond donors (Lipinski definition) is 1. The van der Waals surface area contributed by atoms with Gasteiger partial charge in [0.15, 0.2) is 9.84 Å². The van der Waals surface area contributed by atoms with Crippen LogP contribution in [0.25, 0.3) is 0 Å². The number of benzene rings is 2. The smallest absolute Gasteiger partial charge is 0.274 e. The molecule has 144 valence electrons. The van der Waals surface area contributed by atoms with Gasteiger partial charge in [0.2, 0.25) is 0 Å². The highest BCUT2D eigenvalue weighted by atomic mass is 32.2. The van der Waals surface area contributed by atoms with Gasteiger partial charge in [0.25, 0.3) is 5.91 Å². The first-order valence-corrected chi connectivity index (χ1v) is 10.7. The Balaban J connectivity index is 1.52. The van der Waals surface area contributed by atoms with Crippen LogP contribution in [0.2, 0.25) is 0 Å². The summed E-state index contributed by atoms with van der Waals surface area (Å²) in [5.74, 6) is -0.465. The molecule has 0 spiro atoms. The number of carbonyl (C=O) groups excluding carboxylic acids is 1. The van der Waals surface area contributed by atoms with E-state index in [-0.39, 0.29) is 10.5 Å². The van der Waals surface area contributed by atoms with Gasteiger partial charge in [-0.25, -0.2) is 13.9 Å². The van der Waals surface area contributed by atoms with Gasteiger partial charge in [-0.1, -0.05) is 24.3 Å². The van der Waals surface area contributed by atoms with E-state index >= 15 is 0 Å². The maximum Gasteiger partial charge on any atom is 0.274 e. The molecule has 1 heterocycles. The summed E-state index contributed by atoms with van der Waals surface area (Å²) >= 11 is 0. The van der Waals surface area contributed by atoms with Gasteiger partial charge in [-0.15, -0.1) is 0 Å². The standard InChI is InChI=1S/C20H24N2O4S/c1-22-10-8-16-7-6-15(12-18(16)14-22)9-11-26-21-20(23)17-4-3-5-19(13-17)27(2,24)25/h3-7,12-13H,8-11,14H2,1-2H3,(H,21,23). The summed E-state index contributed by atoms with van der Waals surface area (Å²) in [5.41, 5.74) is 6.53. The minimum Gasteiger partial charge on any atom is -0.302 e. The number of hydrogen-bond acceptors (Lipinski definition) is 5. The molecule has 7 heteroatoms. The highest BCUT2D eigenvalue weighted by Crippen LogP contribution is 2.19. The van der Waals surface area contributed by atoms with E-state index in [1.165, 1.54) is 29.3 Å². The van der Waals surface area contributed by atoms with Crippen molar-refractivity contribution in [2.75, 3.05) is 26.5 Å². The van der Waals surface area contributed by atoms with E-state index in [0.717, 1.165) is 31.3 Å². The molecule has 6 nitrogen and oxygen atoms in total. The number of hydroxylamine groups is 1. The van der Waals surface area contributed by atoms with E-state index in [4.69, 9.17) is 4.84 Å². The maximum atomic E-state index is 12.1. The summed E-state index contributed by atoms with van der Waals surface area (Å²) in [5, 5.41) is 0. The Kier molecular flexibility index (Phi) is 5.94. The third-order valence-corrected chi connectivity index (χ3v) is 5.77. The zero-order chi connectivity index (χ0) is 19.4. The van der Waals surface area contributed by atoms with E-state index in [1.807, 2.05) is 0 Å². The number of nitrogens with zero attached hydrogens (tertiary/aromatic N) is 1. The second-order valence-electron chi connectivity index (χ2n) is 6.92. The Morgan fingerprint density at radius 3 is 2.78 bits per heavy atom. The summed E-state index contributed by atoms with van der Waals surface area (Å²) < 4.78 is 23.2. The van der Waals surface area contributed by atoms with Crippen molar-refractivity contribution in [2.24, 2.45) is 0 Å². The molecule has 0 bridgehead atoms. The first-order valence-electron chi connectivity index (χ1n) is 8.84. The molecule has 2 aromatic carbocycles. The number of amides is 1. The molecule has 0 saturated carbocycles. The SMILES string of the molecule is CN1CCc2ccc(CCONC(=O)c3cccc(S(C)(=O)=O)c3)cc2C1. The summed E-state index contributed by atoms with van der Waals surface area (Å²) in [6.45, 7) is 2.38. The lowest BCUT2D eigenvalue weighted by atomic mass is 9.97. The van der Waals surface area contributed by atoms with Crippen molar-refractivity contribution in [3.05, 3.63) is 64.7 Å². The molecule has 0 unspecified atom stereocenters. The fraction of sp³-hybridized carbons (Fsp3) is 0.350. The van der Waals surface area contributed by atoms with Crippen LogP contribution in [0.15, 0.2) is 47.4 Å². The quantitative estimate of drug-likeness (QED) is 0.605. The average Bonchev–Trinajstić information content (AvgIpc) is 2.64. The van der Waals surface area contributed by atoms with E-state index in [9.17, 15) is 13.2 Å². The molecular formula is C20H24N2O4S. The van der Waals surface area contributed by atoms with Crippen molar-refractivity contribution < 1.29 is 18.0 Å². The topological polar surface area (TPSA) is 75.7 Å². The van der Waals surface area contributed by atoms with Gasteiger partial charge >= 0.3 is 0 Å². The van der Waals surface area contributed by atoms with E-state index in [2.05, 4.69) is 35.6 Å². The molecule has 1 aliphatic heterocycles. The van der Waals surface area contributed by atoms with Gasteiger partial charge in [0, 0.05) is 24.9 Å². The lowest BCUT2D eigenvalue weighted by Gasteiger charge is -2.25. The number of likely N-dealkylation sites (N-methyl/N-ethyl adjacent to an activating group) is 1. The first kappa shape index (κ1) is 19.5. The Hall–Kier alpha value is -2.22. The van der Waals surface area contributed by atoms with E-state index < -0.39 is 15.7 Å². The molecular weight excluding hydrogens is 364 g/mol. The monoisotopic (exact) mass is 388 g/mol. The molecule has 0 aliphatic carbocycles. The maximum absolute atomic E-state index is 12.1. The van der Waals surface area contributed by atoms with E-state index in [1.54, 1.807) is 6.07 Å². The van der Waals surface area contributed by atoms with Crippen LogP contribution in [0.3, 0.4) is 0 Å². The molecule has 1 N–H and O–H groups in total. The second kappa shape index (κ2) is 8.21. The van der Waals surface area contributed by atoms with Crippen LogP contribution in [-0.4, -0.2) is 45.7 Å². The molecule has 2 aromatic rings. The van der Waals surface area contributed by atoms with Crippen LogP contribution in [0.4, 0.5) is 0 Å². The predicted molar refractivity (Wildman–Crippen MR) is 103 cm³/mol. The Bertz CT molecular complexity index is 941. The van der Waals surface area contributed by atoms with Crippen LogP contribution in [0.1, 0.15) is 27.0 Å². The number of carbonyl (C=O) groups is 1. The number of nitrogens with one attached hydrogen (secondary N) is 1. The Morgan fingerprint density at radius 2 is 2.00 bits per heavy atom. The zero-order valence-corrected chi connectivity index (χ0v) is 16.4. The largest absolute Gasteiger partial charge is 0.302 e. The second-order valence-corrected chi connectivity index (χ2v) is 8.94. The zero-order valence-electron chi connectivity index (χ0n) is 15.6. The molecule has 1 aliphatic rings. The van der Waals surface area contributed by atoms with Gasteiger partial charge in [-0.3, -0.25) is 9.63 Å². The van der Waals surface area contributed by atoms with Crippen molar-refractivity contribution in [1.82, 2.24) is 10.4 Å². The lowest BCUT2D eigenvalue weighted by molar-refractivity contribution is 0.0324. The van der Waals surface area contributed by atoms with Crippen molar-refractivity contribution >= 4 is 15.7 Å². The van der Waals surface area contributed by atoms with Crippen LogP contribution in [0.5, 0.6) is 0 Å². The van der Waals surface area contributed by atoms with Gasteiger partial charge in [-0.2, -0.15) is 0 Å². The average molecular weight is 388 g/mol. The van der Waals surface area contributed by atoms with Crippen LogP contribution in [-0.2, 0) is 34.1 Å². The summed E-state index contributed by atoms with van der Waals surface area (Å²) in [6.07, 6.45) is 2.86. The molecule has 0 radical (unpaired) electrons. The number of fused-ring (bicyclic) bond motifs is 1. The van der Waals surface area contributed by atoms with Crippen molar-refractivity contribution in [2.45, 2.75) is 24.3 Å². The summed E-state index contributed by atoms with van der Waals surface area (Å²) in [6, 6.07) is 12.4. The van der Waals surface area contributed by atoms with Crippen LogP contribution >= 0.6 is 0 Å².